The first-order valence-electron chi connectivity index (χ1n) is 7.85. The fraction of sp³-hybridized carbons (Fsp3) is 0.316. The molecule has 0 aromatic heterocycles. The van der Waals surface area contributed by atoms with Crippen LogP contribution >= 0.6 is 0 Å². The third kappa shape index (κ3) is 6.60. The molecule has 0 saturated carbocycles. The second kappa shape index (κ2) is 8.24. The number of hydrogen-bond donors (Lipinski definition) is 1. The van der Waals surface area contributed by atoms with Crippen molar-refractivity contribution in [1.29, 1.82) is 0 Å². The molecule has 2 aromatic carbocycles. The number of benzene rings is 2. The van der Waals surface area contributed by atoms with Crippen LogP contribution in [-0.4, -0.2) is 24.8 Å². The zero-order valence-corrected chi connectivity index (χ0v) is 14.2. The van der Waals surface area contributed by atoms with Crippen LogP contribution in [0.4, 0.5) is 4.79 Å². The summed E-state index contributed by atoms with van der Waals surface area (Å²) in [6, 6.07) is 16.9. The molecule has 1 amide bonds. The van der Waals surface area contributed by atoms with Gasteiger partial charge in [0.15, 0.2) is 0 Å². The normalized spacial score (nSPS) is 10.8. The van der Waals surface area contributed by atoms with Gasteiger partial charge in [-0.1, -0.05) is 18.2 Å². The standard InChI is InChI=1S/C19H23NO4/c1-19(2,3)24-18(21)20-13-14-22-15-9-11-17(12-10-15)23-16-7-5-4-6-8-16/h4-12H,13-14H2,1-3H3,(H,20,21). The lowest BCUT2D eigenvalue weighted by Gasteiger charge is -2.19. The third-order valence-corrected chi connectivity index (χ3v) is 2.84. The minimum absolute atomic E-state index is 0.359. The summed E-state index contributed by atoms with van der Waals surface area (Å²) < 4.78 is 16.4. The Morgan fingerprint density at radius 3 is 2.12 bits per heavy atom. The highest BCUT2D eigenvalue weighted by Gasteiger charge is 2.15. The van der Waals surface area contributed by atoms with E-state index in [4.69, 9.17) is 14.2 Å². The van der Waals surface area contributed by atoms with Crippen molar-refractivity contribution in [2.75, 3.05) is 13.2 Å². The molecule has 0 atom stereocenters. The van der Waals surface area contributed by atoms with Crippen molar-refractivity contribution in [3.05, 3.63) is 54.6 Å². The van der Waals surface area contributed by atoms with E-state index in [1.165, 1.54) is 0 Å². The molecule has 128 valence electrons. The van der Waals surface area contributed by atoms with E-state index in [1.54, 1.807) is 0 Å². The number of amides is 1. The van der Waals surface area contributed by atoms with Crippen LogP contribution in [0.5, 0.6) is 17.2 Å². The number of alkyl carbamates (subject to hydrolysis) is 1. The first kappa shape index (κ1) is 17.7. The van der Waals surface area contributed by atoms with Crippen molar-refractivity contribution in [3.63, 3.8) is 0 Å². The average Bonchev–Trinajstić information content (AvgIpc) is 2.52. The molecule has 2 aromatic rings. The SMILES string of the molecule is CC(C)(C)OC(=O)NCCOc1ccc(Oc2ccccc2)cc1. The van der Waals surface area contributed by atoms with Crippen molar-refractivity contribution < 1.29 is 19.0 Å². The summed E-state index contributed by atoms with van der Waals surface area (Å²) in [6.45, 7) is 6.20. The summed E-state index contributed by atoms with van der Waals surface area (Å²) in [7, 11) is 0. The summed E-state index contributed by atoms with van der Waals surface area (Å²) in [5, 5.41) is 2.64. The number of hydrogen-bond acceptors (Lipinski definition) is 4. The average molecular weight is 329 g/mol. The summed E-state index contributed by atoms with van der Waals surface area (Å²) in [5.74, 6) is 2.23. The van der Waals surface area contributed by atoms with Crippen LogP contribution in [0.3, 0.4) is 0 Å². The monoisotopic (exact) mass is 329 g/mol. The molecule has 0 bridgehead atoms. The molecular weight excluding hydrogens is 306 g/mol. The lowest BCUT2D eigenvalue weighted by molar-refractivity contribution is 0.0520. The quantitative estimate of drug-likeness (QED) is 0.799. The summed E-state index contributed by atoms with van der Waals surface area (Å²) in [6.07, 6.45) is -0.447. The van der Waals surface area contributed by atoms with E-state index in [0.29, 0.717) is 18.9 Å². The lowest BCUT2D eigenvalue weighted by atomic mass is 10.2. The van der Waals surface area contributed by atoms with Gasteiger partial charge in [-0.25, -0.2) is 4.79 Å². The van der Waals surface area contributed by atoms with Crippen molar-refractivity contribution >= 4 is 6.09 Å². The number of ether oxygens (including phenoxy) is 3. The van der Waals surface area contributed by atoms with E-state index in [0.717, 1.165) is 11.5 Å². The van der Waals surface area contributed by atoms with E-state index >= 15 is 0 Å². The molecule has 0 heterocycles. The van der Waals surface area contributed by atoms with Gasteiger partial charge in [0, 0.05) is 0 Å². The van der Waals surface area contributed by atoms with Crippen LogP contribution < -0.4 is 14.8 Å². The van der Waals surface area contributed by atoms with E-state index in [1.807, 2.05) is 75.4 Å². The van der Waals surface area contributed by atoms with Crippen LogP contribution in [0.15, 0.2) is 54.6 Å². The minimum atomic E-state index is -0.500. The smallest absolute Gasteiger partial charge is 0.407 e. The molecule has 0 spiro atoms. The maximum absolute atomic E-state index is 11.5. The number of para-hydroxylation sites is 1. The molecule has 1 N–H and O–H groups in total. The second-order valence-corrected chi connectivity index (χ2v) is 6.16. The fourth-order valence-electron chi connectivity index (χ4n) is 1.86. The lowest BCUT2D eigenvalue weighted by Crippen LogP contribution is -2.34. The van der Waals surface area contributed by atoms with Crippen molar-refractivity contribution in [2.24, 2.45) is 0 Å². The number of carbonyl (C=O) groups excluding carboxylic acids is 1. The van der Waals surface area contributed by atoms with Crippen LogP contribution in [0.25, 0.3) is 0 Å². The van der Waals surface area contributed by atoms with Gasteiger partial charge < -0.3 is 19.5 Å². The van der Waals surface area contributed by atoms with Crippen LogP contribution in [0, 0.1) is 0 Å². The Labute approximate surface area is 142 Å². The van der Waals surface area contributed by atoms with Gasteiger partial charge in [-0.15, -0.1) is 0 Å². The molecule has 0 unspecified atom stereocenters. The molecule has 0 aliphatic carbocycles. The van der Waals surface area contributed by atoms with Crippen LogP contribution in [0.2, 0.25) is 0 Å². The molecule has 0 radical (unpaired) electrons. The molecule has 5 heteroatoms. The summed E-state index contributed by atoms with van der Waals surface area (Å²) in [5.41, 5.74) is -0.500. The Morgan fingerprint density at radius 2 is 1.50 bits per heavy atom. The predicted molar refractivity (Wildman–Crippen MR) is 92.7 cm³/mol. The molecule has 0 aliphatic rings. The van der Waals surface area contributed by atoms with Gasteiger partial charge in [0.25, 0.3) is 0 Å². The highest BCUT2D eigenvalue weighted by molar-refractivity contribution is 5.67. The highest BCUT2D eigenvalue weighted by Crippen LogP contribution is 2.23. The zero-order valence-electron chi connectivity index (χ0n) is 14.2. The molecule has 0 aliphatic heterocycles. The van der Waals surface area contributed by atoms with Crippen LogP contribution in [-0.2, 0) is 4.74 Å². The third-order valence-electron chi connectivity index (χ3n) is 2.84. The Morgan fingerprint density at radius 1 is 0.917 bits per heavy atom. The number of carbonyl (C=O) groups is 1. The van der Waals surface area contributed by atoms with Gasteiger partial charge in [-0.2, -0.15) is 0 Å². The van der Waals surface area contributed by atoms with Gasteiger partial charge in [-0.3, -0.25) is 0 Å². The molecular formula is C19H23NO4. The Bertz CT molecular complexity index is 633. The zero-order chi connectivity index (χ0) is 17.4. The van der Waals surface area contributed by atoms with Crippen molar-refractivity contribution in [3.8, 4) is 17.2 Å². The summed E-state index contributed by atoms with van der Waals surface area (Å²) in [4.78, 5) is 11.5. The Balaban J connectivity index is 1.71. The van der Waals surface area contributed by atoms with Gasteiger partial charge in [0.05, 0.1) is 6.54 Å². The molecule has 2 rings (SSSR count). The van der Waals surface area contributed by atoms with Gasteiger partial charge >= 0.3 is 6.09 Å². The van der Waals surface area contributed by atoms with E-state index in [-0.39, 0.29) is 0 Å². The Kier molecular flexibility index (Phi) is 6.07. The maximum Gasteiger partial charge on any atom is 0.407 e. The van der Waals surface area contributed by atoms with E-state index in [9.17, 15) is 4.79 Å². The topological polar surface area (TPSA) is 56.8 Å². The van der Waals surface area contributed by atoms with Crippen molar-refractivity contribution in [1.82, 2.24) is 5.32 Å². The molecule has 0 fully saturated rings. The van der Waals surface area contributed by atoms with Gasteiger partial charge in [0.2, 0.25) is 0 Å². The highest BCUT2D eigenvalue weighted by atomic mass is 16.6. The Hall–Kier alpha value is -2.69. The van der Waals surface area contributed by atoms with Crippen LogP contribution in [0.1, 0.15) is 20.8 Å². The second-order valence-electron chi connectivity index (χ2n) is 6.16. The van der Waals surface area contributed by atoms with Gasteiger partial charge in [0.1, 0.15) is 29.5 Å². The maximum atomic E-state index is 11.5. The molecule has 0 saturated heterocycles. The largest absolute Gasteiger partial charge is 0.492 e. The van der Waals surface area contributed by atoms with Gasteiger partial charge in [-0.05, 0) is 57.2 Å². The molecule has 24 heavy (non-hydrogen) atoms. The molecule has 5 nitrogen and oxygen atoms in total. The number of nitrogens with one attached hydrogen (secondary N) is 1. The first-order chi connectivity index (χ1) is 11.4. The first-order valence-corrected chi connectivity index (χ1v) is 7.85. The minimum Gasteiger partial charge on any atom is -0.492 e. The fourth-order valence-corrected chi connectivity index (χ4v) is 1.86. The van der Waals surface area contributed by atoms with E-state index in [2.05, 4.69) is 5.32 Å². The number of rotatable bonds is 6. The predicted octanol–water partition coefficient (Wildman–Crippen LogP) is 4.38. The van der Waals surface area contributed by atoms with Crippen molar-refractivity contribution in [2.45, 2.75) is 26.4 Å². The summed E-state index contributed by atoms with van der Waals surface area (Å²) >= 11 is 0. The van der Waals surface area contributed by atoms with E-state index < -0.39 is 11.7 Å².